The lowest BCUT2D eigenvalue weighted by atomic mass is 10.4. The van der Waals surface area contributed by atoms with Crippen molar-refractivity contribution in [2.75, 3.05) is 33.8 Å². The van der Waals surface area contributed by atoms with E-state index in [1.54, 1.807) is 19.0 Å². The van der Waals surface area contributed by atoms with E-state index in [9.17, 15) is 9.59 Å². The number of nitrogens with zero attached hydrogens (tertiary/aromatic N) is 2. The highest BCUT2D eigenvalue weighted by molar-refractivity contribution is 14.1. The van der Waals surface area contributed by atoms with Crippen LogP contribution in [0.1, 0.15) is 0 Å². The fraction of sp³-hybridized carbons (Fsp3) is 0.750. The fourth-order valence-corrected chi connectivity index (χ4v) is 1.62. The molecule has 1 aliphatic heterocycles. The zero-order chi connectivity index (χ0) is 11.4. The second-order valence-electron chi connectivity index (χ2n) is 3.47. The van der Waals surface area contributed by atoms with Gasteiger partial charge in [0.2, 0.25) is 0 Å². The Bertz CT molecular complexity index is 259. The predicted octanol–water partition coefficient (Wildman–Crippen LogP) is 0.262. The average molecular weight is 328 g/mol. The summed E-state index contributed by atoms with van der Waals surface area (Å²) >= 11 is 1.86. The number of halogens is 1. The van der Waals surface area contributed by atoms with Crippen LogP contribution in [0.15, 0.2) is 0 Å². The van der Waals surface area contributed by atoms with Crippen molar-refractivity contribution in [2.24, 2.45) is 0 Å². The molecule has 6 nitrogen and oxygen atoms in total. The van der Waals surface area contributed by atoms with Crippen LogP contribution in [0, 0.1) is 0 Å². The van der Waals surface area contributed by atoms with Crippen molar-refractivity contribution >= 4 is 34.9 Å². The number of esters is 1. The Hall–Kier alpha value is -0.570. The van der Waals surface area contributed by atoms with Gasteiger partial charge in [0.1, 0.15) is 6.61 Å². The van der Waals surface area contributed by atoms with Crippen LogP contribution in [0.2, 0.25) is 0 Å². The Morgan fingerprint density at radius 2 is 2.40 bits per heavy atom. The van der Waals surface area contributed by atoms with Crippen molar-refractivity contribution < 1.29 is 19.1 Å². The van der Waals surface area contributed by atoms with E-state index in [1.165, 1.54) is 3.11 Å². The van der Waals surface area contributed by atoms with Crippen molar-refractivity contribution in [3.8, 4) is 0 Å². The van der Waals surface area contributed by atoms with E-state index in [2.05, 4.69) is 0 Å². The smallest absolute Gasteiger partial charge is 0.419 e. The van der Waals surface area contributed by atoms with Gasteiger partial charge in [-0.25, -0.2) is 7.91 Å². The zero-order valence-corrected chi connectivity index (χ0v) is 10.8. The molecule has 0 spiro atoms. The average Bonchev–Trinajstić information content (AvgIpc) is 2.42. The largest absolute Gasteiger partial charge is 0.461 e. The van der Waals surface area contributed by atoms with Crippen LogP contribution in [0.3, 0.4) is 0 Å². The summed E-state index contributed by atoms with van der Waals surface area (Å²) in [4.78, 5) is 23.8. The SMILES string of the molecule is CN(C)CC(=O)OC[C@H]1CN(I)C(=O)O1. The van der Waals surface area contributed by atoms with Gasteiger partial charge in [0.05, 0.1) is 36.0 Å². The zero-order valence-electron chi connectivity index (χ0n) is 8.60. The molecule has 0 aromatic heterocycles. The molecule has 1 amide bonds. The summed E-state index contributed by atoms with van der Waals surface area (Å²) < 4.78 is 11.3. The molecule has 1 aliphatic rings. The first-order chi connectivity index (χ1) is 6.99. The number of amides is 1. The van der Waals surface area contributed by atoms with E-state index in [1.807, 2.05) is 22.9 Å². The molecule has 0 aliphatic carbocycles. The van der Waals surface area contributed by atoms with Crippen LogP contribution < -0.4 is 0 Å². The molecule has 0 aromatic rings. The van der Waals surface area contributed by atoms with Crippen LogP contribution in [-0.2, 0) is 14.3 Å². The van der Waals surface area contributed by atoms with Crippen molar-refractivity contribution in [1.82, 2.24) is 8.01 Å². The van der Waals surface area contributed by atoms with Crippen LogP contribution in [0.25, 0.3) is 0 Å². The molecule has 0 aromatic carbocycles. The van der Waals surface area contributed by atoms with E-state index >= 15 is 0 Å². The van der Waals surface area contributed by atoms with Crippen LogP contribution in [-0.4, -0.2) is 60.0 Å². The number of ether oxygens (including phenoxy) is 2. The highest BCUT2D eigenvalue weighted by Crippen LogP contribution is 2.15. The van der Waals surface area contributed by atoms with Crippen molar-refractivity contribution in [2.45, 2.75) is 6.10 Å². The maximum absolute atomic E-state index is 11.2. The monoisotopic (exact) mass is 328 g/mol. The molecular formula is C8H13IN2O4. The Morgan fingerprint density at radius 3 is 2.87 bits per heavy atom. The topological polar surface area (TPSA) is 59.1 Å². The number of cyclic esters (lactones) is 1. The van der Waals surface area contributed by atoms with Gasteiger partial charge in [-0.1, -0.05) is 0 Å². The maximum atomic E-state index is 11.2. The first-order valence-electron chi connectivity index (χ1n) is 4.43. The van der Waals surface area contributed by atoms with Crippen molar-refractivity contribution in [1.29, 1.82) is 0 Å². The number of likely N-dealkylation sites (N-methyl/N-ethyl adjacent to an activating group) is 1. The van der Waals surface area contributed by atoms with Gasteiger partial charge in [-0.05, 0) is 14.1 Å². The molecule has 15 heavy (non-hydrogen) atoms. The summed E-state index contributed by atoms with van der Waals surface area (Å²) in [6.45, 7) is 0.807. The van der Waals surface area contributed by atoms with Gasteiger partial charge in [-0.15, -0.1) is 0 Å². The number of carbonyl (C=O) groups excluding carboxylic acids is 2. The lowest BCUT2D eigenvalue weighted by molar-refractivity contribution is -0.146. The van der Waals surface area contributed by atoms with E-state index in [0.29, 0.717) is 6.54 Å². The summed E-state index contributed by atoms with van der Waals surface area (Å²) in [5.74, 6) is -0.317. The van der Waals surface area contributed by atoms with Crippen LogP contribution in [0.4, 0.5) is 4.79 Å². The standard InChI is InChI=1S/C8H13IN2O4/c1-10(2)4-7(12)14-5-6-3-11(9)8(13)15-6/h6H,3-5H2,1-2H3/t6-/m1/s1. The number of rotatable bonds is 4. The van der Waals surface area contributed by atoms with Gasteiger partial charge in [-0.2, -0.15) is 0 Å². The van der Waals surface area contributed by atoms with Gasteiger partial charge in [0.25, 0.3) is 0 Å². The number of carbonyl (C=O) groups is 2. The van der Waals surface area contributed by atoms with Crippen molar-refractivity contribution in [3.63, 3.8) is 0 Å². The van der Waals surface area contributed by atoms with E-state index < -0.39 is 0 Å². The minimum atomic E-state index is -0.385. The third kappa shape index (κ3) is 4.20. The van der Waals surface area contributed by atoms with E-state index in [4.69, 9.17) is 9.47 Å². The fourth-order valence-electron chi connectivity index (χ4n) is 1.07. The predicted molar refractivity (Wildman–Crippen MR) is 60.5 cm³/mol. The van der Waals surface area contributed by atoms with Crippen LogP contribution in [0.5, 0.6) is 0 Å². The molecular weight excluding hydrogens is 315 g/mol. The third-order valence-electron chi connectivity index (χ3n) is 1.71. The van der Waals surface area contributed by atoms with Gasteiger partial charge >= 0.3 is 12.1 Å². The molecule has 0 N–H and O–H groups in total. The molecule has 0 bridgehead atoms. The Kier molecular flexibility index (Phi) is 4.58. The summed E-state index contributed by atoms with van der Waals surface area (Å²) in [5.41, 5.74) is 0. The quantitative estimate of drug-likeness (QED) is 0.421. The first-order valence-corrected chi connectivity index (χ1v) is 5.40. The van der Waals surface area contributed by atoms with Gasteiger partial charge in [0, 0.05) is 0 Å². The summed E-state index contributed by atoms with van der Waals surface area (Å²) in [5, 5.41) is 0. The molecule has 7 heteroatoms. The Balaban J connectivity index is 2.21. The highest BCUT2D eigenvalue weighted by atomic mass is 127. The number of hydrogen-bond acceptors (Lipinski definition) is 5. The normalized spacial score (nSPS) is 20.7. The molecule has 1 heterocycles. The Morgan fingerprint density at radius 1 is 1.73 bits per heavy atom. The lowest BCUT2D eigenvalue weighted by Crippen LogP contribution is -2.28. The molecule has 0 radical (unpaired) electrons. The van der Waals surface area contributed by atoms with Crippen LogP contribution >= 0.6 is 22.9 Å². The van der Waals surface area contributed by atoms with E-state index in [-0.39, 0.29) is 31.3 Å². The lowest BCUT2D eigenvalue weighted by Gasteiger charge is -2.11. The van der Waals surface area contributed by atoms with Gasteiger partial charge < -0.3 is 9.47 Å². The van der Waals surface area contributed by atoms with Gasteiger partial charge in [-0.3, -0.25) is 9.69 Å². The van der Waals surface area contributed by atoms with E-state index in [0.717, 1.165) is 0 Å². The molecule has 1 rings (SSSR count). The summed E-state index contributed by atoms with van der Waals surface area (Å²) in [6.07, 6.45) is -0.732. The maximum Gasteiger partial charge on any atom is 0.419 e. The van der Waals surface area contributed by atoms with Crippen molar-refractivity contribution in [3.05, 3.63) is 0 Å². The second-order valence-corrected chi connectivity index (χ2v) is 4.64. The molecule has 0 saturated carbocycles. The second kappa shape index (κ2) is 5.50. The first kappa shape index (κ1) is 12.5. The minimum Gasteiger partial charge on any atom is -0.461 e. The highest BCUT2D eigenvalue weighted by Gasteiger charge is 2.30. The Labute approximate surface area is 102 Å². The molecule has 1 fully saturated rings. The summed E-state index contributed by atoms with van der Waals surface area (Å²) in [7, 11) is 3.56. The molecule has 1 saturated heterocycles. The van der Waals surface area contributed by atoms with Gasteiger partial charge in [0.15, 0.2) is 6.10 Å². The minimum absolute atomic E-state index is 0.123. The third-order valence-corrected chi connectivity index (χ3v) is 2.49. The number of hydrogen-bond donors (Lipinski definition) is 0. The molecule has 86 valence electrons. The summed E-state index contributed by atoms with van der Waals surface area (Å²) in [6, 6.07) is 0. The molecule has 0 unspecified atom stereocenters. The molecule has 1 atom stereocenters.